The average molecular weight is 273 g/mol. The van der Waals surface area contributed by atoms with Crippen molar-refractivity contribution in [1.82, 2.24) is 4.90 Å². The van der Waals surface area contributed by atoms with Gasteiger partial charge in [-0.3, -0.25) is 4.79 Å². The second-order valence-corrected chi connectivity index (χ2v) is 5.95. The summed E-state index contributed by atoms with van der Waals surface area (Å²) < 4.78 is 0. The van der Waals surface area contributed by atoms with Crippen LogP contribution in [0.4, 0.5) is 0 Å². The molecular formula is C18H27NO. The Kier molecular flexibility index (Phi) is 5.63. The number of piperidine rings is 1. The van der Waals surface area contributed by atoms with E-state index in [4.69, 9.17) is 0 Å². The van der Waals surface area contributed by atoms with Crippen LogP contribution in [-0.2, 0) is 4.79 Å². The zero-order valence-corrected chi connectivity index (χ0v) is 12.8. The van der Waals surface area contributed by atoms with E-state index in [9.17, 15) is 4.79 Å². The molecule has 0 spiro atoms. The van der Waals surface area contributed by atoms with Crippen LogP contribution >= 0.6 is 0 Å². The molecule has 1 aliphatic heterocycles. The molecule has 1 saturated heterocycles. The van der Waals surface area contributed by atoms with Crippen molar-refractivity contribution in [2.75, 3.05) is 13.1 Å². The topological polar surface area (TPSA) is 20.3 Å². The van der Waals surface area contributed by atoms with E-state index in [0.717, 1.165) is 32.4 Å². The van der Waals surface area contributed by atoms with Gasteiger partial charge >= 0.3 is 0 Å². The first-order valence-electron chi connectivity index (χ1n) is 8.10. The van der Waals surface area contributed by atoms with Crippen LogP contribution in [0.15, 0.2) is 30.3 Å². The van der Waals surface area contributed by atoms with Gasteiger partial charge in [0.05, 0.1) is 5.92 Å². The highest BCUT2D eigenvalue weighted by molar-refractivity contribution is 5.83. The molecule has 2 atom stereocenters. The Labute approximate surface area is 123 Å². The van der Waals surface area contributed by atoms with Crippen molar-refractivity contribution in [2.45, 2.75) is 51.9 Å². The molecule has 2 heteroatoms. The molecule has 110 valence electrons. The Morgan fingerprint density at radius 3 is 2.70 bits per heavy atom. The molecule has 2 rings (SSSR count). The summed E-state index contributed by atoms with van der Waals surface area (Å²) in [5.74, 6) is 1.10. The fourth-order valence-electron chi connectivity index (χ4n) is 3.23. The molecule has 2 unspecified atom stereocenters. The number of hydrogen-bond donors (Lipinski definition) is 0. The third-order valence-electron chi connectivity index (χ3n) is 4.49. The number of benzene rings is 1. The molecule has 0 bridgehead atoms. The Morgan fingerprint density at radius 2 is 2.05 bits per heavy atom. The van der Waals surface area contributed by atoms with E-state index in [0.29, 0.717) is 11.8 Å². The third-order valence-corrected chi connectivity index (χ3v) is 4.49. The predicted molar refractivity (Wildman–Crippen MR) is 83.7 cm³/mol. The van der Waals surface area contributed by atoms with Crippen LogP contribution < -0.4 is 0 Å². The molecule has 1 fully saturated rings. The van der Waals surface area contributed by atoms with Crippen molar-refractivity contribution in [3.63, 3.8) is 0 Å². The molecule has 20 heavy (non-hydrogen) atoms. The zero-order chi connectivity index (χ0) is 14.4. The van der Waals surface area contributed by atoms with E-state index in [1.807, 2.05) is 18.2 Å². The molecule has 1 aromatic carbocycles. The molecule has 1 aliphatic rings. The fourth-order valence-corrected chi connectivity index (χ4v) is 3.23. The van der Waals surface area contributed by atoms with Gasteiger partial charge in [-0.15, -0.1) is 0 Å². The summed E-state index contributed by atoms with van der Waals surface area (Å²) in [5, 5.41) is 0. The summed E-state index contributed by atoms with van der Waals surface area (Å²) in [7, 11) is 0. The van der Waals surface area contributed by atoms with E-state index >= 15 is 0 Å². The van der Waals surface area contributed by atoms with E-state index < -0.39 is 0 Å². The van der Waals surface area contributed by atoms with E-state index in [-0.39, 0.29) is 5.92 Å². The Hall–Kier alpha value is -1.31. The second kappa shape index (κ2) is 7.47. The minimum absolute atomic E-state index is 0.0526. The maximum Gasteiger partial charge on any atom is 0.230 e. The molecule has 1 amide bonds. The van der Waals surface area contributed by atoms with Crippen LogP contribution in [-0.4, -0.2) is 23.9 Å². The van der Waals surface area contributed by atoms with Crippen molar-refractivity contribution in [3.05, 3.63) is 35.9 Å². The lowest BCUT2D eigenvalue weighted by molar-refractivity contribution is -0.134. The number of carbonyl (C=O) groups excluding carboxylic acids is 1. The predicted octanol–water partition coefficient (Wildman–Crippen LogP) is 4.22. The number of amides is 1. The highest BCUT2D eigenvalue weighted by Gasteiger charge is 2.28. The van der Waals surface area contributed by atoms with E-state index in [2.05, 4.69) is 30.9 Å². The van der Waals surface area contributed by atoms with Crippen molar-refractivity contribution < 1.29 is 4.79 Å². The molecule has 1 aromatic rings. The standard InChI is InChI=1S/C18H27NO/c1-3-9-17(16-11-6-5-7-12-16)18(20)19-13-8-10-15(4-2)14-19/h5-7,11-12,15,17H,3-4,8-10,13-14H2,1-2H3. The third kappa shape index (κ3) is 3.62. The van der Waals surface area contributed by atoms with Gasteiger partial charge < -0.3 is 4.90 Å². The molecule has 0 radical (unpaired) electrons. The van der Waals surface area contributed by atoms with Crippen molar-refractivity contribution in [2.24, 2.45) is 5.92 Å². The van der Waals surface area contributed by atoms with Gasteiger partial charge in [-0.25, -0.2) is 0 Å². The monoisotopic (exact) mass is 273 g/mol. The molecule has 1 heterocycles. The average Bonchev–Trinajstić information content (AvgIpc) is 2.53. The Bertz CT molecular complexity index is 415. The van der Waals surface area contributed by atoms with Gasteiger partial charge in [0.2, 0.25) is 5.91 Å². The maximum atomic E-state index is 12.9. The number of likely N-dealkylation sites (tertiary alicyclic amines) is 1. The number of rotatable bonds is 5. The largest absolute Gasteiger partial charge is 0.342 e. The highest BCUT2D eigenvalue weighted by atomic mass is 16.2. The molecule has 0 aromatic heterocycles. The Balaban J connectivity index is 2.10. The SMILES string of the molecule is CCCC(C(=O)N1CCCC(CC)C1)c1ccccc1. The molecule has 0 aliphatic carbocycles. The van der Waals surface area contributed by atoms with Crippen molar-refractivity contribution in [1.29, 1.82) is 0 Å². The van der Waals surface area contributed by atoms with Crippen LogP contribution in [0.3, 0.4) is 0 Å². The smallest absolute Gasteiger partial charge is 0.230 e. The second-order valence-electron chi connectivity index (χ2n) is 5.95. The van der Waals surface area contributed by atoms with Gasteiger partial charge in [-0.05, 0) is 30.7 Å². The summed E-state index contributed by atoms with van der Waals surface area (Å²) in [6.45, 7) is 6.30. The first-order valence-corrected chi connectivity index (χ1v) is 8.10. The fraction of sp³-hybridized carbons (Fsp3) is 0.611. The maximum absolute atomic E-state index is 12.9. The molecule has 0 saturated carbocycles. The molecular weight excluding hydrogens is 246 g/mol. The summed E-state index contributed by atoms with van der Waals surface area (Å²) in [4.78, 5) is 15.0. The lowest BCUT2D eigenvalue weighted by Gasteiger charge is -2.34. The van der Waals surface area contributed by atoms with Gasteiger partial charge in [-0.1, -0.05) is 57.0 Å². The van der Waals surface area contributed by atoms with Gasteiger partial charge in [0.25, 0.3) is 0 Å². The summed E-state index contributed by atoms with van der Waals surface area (Å²) >= 11 is 0. The van der Waals surface area contributed by atoms with Crippen molar-refractivity contribution >= 4 is 5.91 Å². The van der Waals surface area contributed by atoms with Crippen LogP contribution in [0.2, 0.25) is 0 Å². The normalized spacial score (nSPS) is 20.7. The van der Waals surface area contributed by atoms with Gasteiger partial charge in [0.1, 0.15) is 0 Å². The lowest BCUT2D eigenvalue weighted by atomic mass is 9.90. The highest BCUT2D eigenvalue weighted by Crippen LogP contribution is 2.27. The Morgan fingerprint density at radius 1 is 1.30 bits per heavy atom. The minimum atomic E-state index is 0.0526. The van der Waals surface area contributed by atoms with Gasteiger partial charge in [0, 0.05) is 13.1 Å². The van der Waals surface area contributed by atoms with Crippen LogP contribution in [0, 0.1) is 5.92 Å². The van der Waals surface area contributed by atoms with Crippen LogP contribution in [0.1, 0.15) is 57.4 Å². The summed E-state index contributed by atoms with van der Waals surface area (Å²) in [6.07, 6.45) is 5.64. The van der Waals surface area contributed by atoms with E-state index in [1.165, 1.54) is 18.4 Å². The molecule has 2 nitrogen and oxygen atoms in total. The van der Waals surface area contributed by atoms with Crippen LogP contribution in [0.5, 0.6) is 0 Å². The number of hydrogen-bond acceptors (Lipinski definition) is 1. The first kappa shape index (κ1) is 15.1. The van der Waals surface area contributed by atoms with Gasteiger partial charge in [0.15, 0.2) is 0 Å². The van der Waals surface area contributed by atoms with Gasteiger partial charge in [-0.2, -0.15) is 0 Å². The first-order chi connectivity index (χ1) is 9.76. The number of carbonyl (C=O) groups is 1. The quantitative estimate of drug-likeness (QED) is 0.786. The lowest BCUT2D eigenvalue weighted by Crippen LogP contribution is -2.42. The van der Waals surface area contributed by atoms with E-state index in [1.54, 1.807) is 0 Å². The summed E-state index contributed by atoms with van der Waals surface area (Å²) in [5.41, 5.74) is 1.18. The molecule has 0 N–H and O–H groups in total. The van der Waals surface area contributed by atoms with Crippen LogP contribution in [0.25, 0.3) is 0 Å². The van der Waals surface area contributed by atoms with Crippen molar-refractivity contribution in [3.8, 4) is 0 Å². The summed E-state index contributed by atoms with van der Waals surface area (Å²) in [6, 6.07) is 10.3. The minimum Gasteiger partial charge on any atom is -0.342 e. The zero-order valence-electron chi connectivity index (χ0n) is 12.8. The number of nitrogens with zero attached hydrogens (tertiary/aromatic N) is 1.